The van der Waals surface area contributed by atoms with E-state index in [-0.39, 0.29) is 5.57 Å². The summed E-state index contributed by atoms with van der Waals surface area (Å²) in [6, 6.07) is 14.6. The second-order valence-corrected chi connectivity index (χ2v) is 5.93. The Labute approximate surface area is 150 Å². The van der Waals surface area contributed by atoms with E-state index >= 15 is 0 Å². The lowest BCUT2D eigenvalue weighted by molar-refractivity contribution is -0.112. The summed E-state index contributed by atoms with van der Waals surface area (Å²) < 4.78 is 0. The Bertz CT molecular complexity index is 808. The Morgan fingerprint density at radius 2 is 1.88 bits per heavy atom. The van der Waals surface area contributed by atoms with Gasteiger partial charge in [-0.05, 0) is 30.7 Å². The molecule has 0 heterocycles. The monoisotopic (exact) mass is 359 g/mol. The molecule has 2 N–H and O–H groups in total. The van der Waals surface area contributed by atoms with Crippen LogP contribution < -0.4 is 10.6 Å². The third-order valence-electron chi connectivity index (χ3n) is 3.22. The molecule has 0 saturated carbocycles. The van der Waals surface area contributed by atoms with E-state index in [1.165, 1.54) is 17.8 Å². The van der Waals surface area contributed by atoms with E-state index in [0.717, 1.165) is 5.56 Å². The number of amides is 1. The molecule has 0 aliphatic carbocycles. The van der Waals surface area contributed by atoms with Crippen molar-refractivity contribution in [3.8, 4) is 6.07 Å². The number of halogens is 2. The largest absolute Gasteiger partial charge is 0.386 e. The summed E-state index contributed by atoms with van der Waals surface area (Å²) in [4.78, 5) is 12.1. The first-order chi connectivity index (χ1) is 11.5. The van der Waals surface area contributed by atoms with Crippen LogP contribution in [0.5, 0.6) is 0 Å². The molecule has 2 aromatic carbocycles. The number of anilines is 1. The SMILES string of the molecule is Cc1ccc(CN/C=C(/C#N)C(=O)Nc2ccc(Cl)c(Cl)c2)cc1. The lowest BCUT2D eigenvalue weighted by atomic mass is 10.1. The van der Waals surface area contributed by atoms with Gasteiger partial charge in [0.15, 0.2) is 0 Å². The number of nitrogens with one attached hydrogen (secondary N) is 2. The fraction of sp³-hybridized carbons (Fsp3) is 0.111. The highest BCUT2D eigenvalue weighted by Gasteiger charge is 2.10. The fourth-order valence-electron chi connectivity index (χ4n) is 1.90. The molecule has 0 aliphatic heterocycles. The normalized spacial score (nSPS) is 10.8. The van der Waals surface area contributed by atoms with Crippen LogP contribution in [0.3, 0.4) is 0 Å². The summed E-state index contributed by atoms with van der Waals surface area (Å²) in [6.45, 7) is 2.53. The predicted octanol–water partition coefficient (Wildman–Crippen LogP) is 4.44. The highest BCUT2D eigenvalue weighted by molar-refractivity contribution is 6.42. The number of nitriles is 1. The van der Waals surface area contributed by atoms with Crippen LogP contribution in [0, 0.1) is 18.3 Å². The predicted molar refractivity (Wildman–Crippen MR) is 96.8 cm³/mol. The first-order valence-corrected chi connectivity index (χ1v) is 7.91. The van der Waals surface area contributed by atoms with Crippen LogP contribution in [0.15, 0.2) is 54.2 Å². The van der Waals surface area contributed by atoms with E-state index in [2.05, 4.69) is 10.6 Å². The Kier molecular flexibility index (Phi) is 6.25. The van der Waals surface area contributed by atoms with Gasteiger partial charge in [0.25, 0.3) is 5.91 Å². The molecule has 0 saturated heterocycles. The fourth-order valence-corrected chi connectivity index (χ4v) is 2.20. The lowest BCUT2D eigenvalue weighted by Crippen LogP contribution is -2.16. The van der Waals surface area contributed by atoms with Gasteiger partial charge in [0, 0.05) is 18.4 Å². The summed E-state index contributed by atoms with van der Waals surface area (Å²) in [7, 11) is 0. The van der Waals surface area contributed by atoms with E-state index in [0.29, 0.717) is 22.3 Å². The topological polar surface area (TPSA) is 64.9 Å². The Morgan fingerprint density at radius 3 is 2.50 bits per heavy atom. The third-order valence-corrected chi connectivity index (χ3v) is 3.95. The van der Waals surface area contributed by atoms with E-state index in [4.69, 9.17) is 28.5 Å². The Morgan fingerprint density at radius 1 is 1.17 bits per heavy atom. The molecular weight excluding hydrogens is 345 g/mol. The van der Waals surface area contributed by atoms with E-state index in [1.807, 2.05) is 37.3 Å². The number of benzene rings is 2. The molecule has 4 nitrogen and oxygen atoms in total. The summed E-state index contributed by atoms with van der Waals surface area (Å²) in [5.41, 5.74) is 2.66. The lowest BCUT2D eigenvalue weighted by Gasteiger charge is -2.06. The number of carbonyl (C=O) groups is 1. The maximum Gasteiger partial charge on any atom is 0.267 e. The highest BCUT2D eigenvalue weighted by atomic mass is 35.5. The van der Waals surface area contributed by atoms with Gasteiger partial charge in [-0.1, -0.05) is 53.0 Å². The van der Waals surface area contributed by atoms with Gasteiger partial charge >= 0.3 is 0 Å². The molecule has 0 aromatic heterocycles. The smallest absolute Gasteiger partial charge is 0.267 e. The van der Waals surface area contributed by atoms with Crippen molar-refractivity contribution < 1.29 is 4.79 Å². The van der Waals surface area contributed by atoms with Crippen LogP contribution in [0.25, 0.3) is 0 Å². The standard InChI is InChI=1S/C18H15Cl2N3O/c1-12-2-4-13(5-3-12)10-22-11-14(9-21)18(24)23-15-6-7-16(19)17(20)8-15/h2-8,11,22H,10H2,1H3,(H,23,24)/b14-11-. The zero-order chi connectivity index (χ0) is 17.5. The first kappa shape index (κ1) is 17.9. The van der Waals surface area contributed by atoms with Crippen molar-refractivity contribution in [2.75, 3.05) is 5.32 Å². The molecule has 0 fully saturated rings. The zero-order valence-electron chi connectivity index (χ0n) is 12.9. The van der Waals surface area contributed by atoms with Gasteiger partial charge in [0.05, 0.1) is 10.0 Å². The second-order valence-electron chi connectivity index (χ2n) is 5.12. The van der Waals surface area contributed by atoms with Gasteiger partial charge in [-0.25, -0.2) is 0 Å². The van der Waals surface area contributed by atoms with Gasteiger partial charge in [0.2, 0.25) is 0 Å². The van der Waals surface area contributed by atoms with Crippen LogP contribution in [0.1, 0.15) is 11.1 Å². The molecule has 1 amide bonds. The first-order valence-electron chi connectivity index (χ1n) is 7.15. The molecule has 2 aromatic rings. The molecule has 0 bridgehead atoms. The summed E-state index contributed by atoms with van der Waals surface area (Å²) in [6.07, 6.45) is 1.40. The van der Waals surface area contributed by atoms with Crippen molar-refractivity contribution in [3.63, 3.8) is 0 Å². The van der Waals surface area contributed by atoms with Crippen LogP contribution in [-0.4, -0.2) is 5.91 Å². The van der Waals surface area contributed by atoms with Crippen LogP contribution >= 0.6 is 23.2 Å². The molecule has 122 valence electrons. The third kappa shape index (κ3) is 5.02. The maximum atomic E-state index is 12.1. The summed E-state index contributed by atoms with van der Waals surface area (Å²) >= 11 is 11.7. The summed E-state index contributed by atoms with van der Waals surface area (Å²) in [5, 5.41) is 15.4. The van der Waals surface area contributed by atoms with E-state index < -0.39 is 5.91 Å². The highest BCUT2D eigenvalue weighted by Crippen LogP contribution is 2.25. The number of carbonyl (C=O) groups excluding carboxylic acids is 1. The zero-order valence-corrected chi connectivity index (χ0v) is 14.4. The van der Waals surface area contributed by atoms with Crippen molar-refractivity contribution in [2.45, 2.75) is 13.5 Å². The van der Waals surface area contributed by atoms with Crippen molar-refractivity contribution in [1.29, 1.82) is 5.26 Å². The minimum absolute atomic E-state index is 0.0341. The maximum absolute atomic E-state index is 12.1. The van der Waals surface area contributed by atoms with Gasteiger partial charge in [0.1, 0.15) is 11.6 Å². The van der Waals surface area contributed by atoms with Crippen LogP contribution in [0.2, 0.25) is 10.0 Å². The Balaban J connectivity index is 1.98. The van der Waals surface area contributed by atoms with Crippen LogP contribution in [0.4, 0.5) is 5.69 Å². The minimum Gasteiger partial charge on any atom is -0.386 e. The average molecular weight is 360 g/mol. The average Bonchev–Trinajstić information content (AvgIpc) is 2.56. The number of aryl methyl sites for hydroxylation is 1. The molecule has 0 radical (unpaired) electrons. The Hall–Kier alpha value is -2.48. The molecule has 0 atom stereocenters. The number of rotatable bonds is 5. The minimum atomic E-state index is -0.521. The second kappa shape index (κ2) is 8.39. The van der Waals surface area contributed by atoms with Crippen LogP contribution in [-0.2, 0) is 11.3 Å². The number of nitrogens with zero attached hydrogens (tertiary/aromatic N) is 1. The molecule has 24 heavy (non-hydrogen) atoms. The van der Waals surface area contributed by atoms with Gasteiger partial charge < -0.3 is 10.6 Å². The summed E-state index contributed by atoms with van der Waals surface area (Å²) in [5.74, 6) is -0.521. The van der Waals surface area contributed by atoms with Gasteiger partial charge in [-0.2, -0.15) is 5.26 Å². The van der Waals surface area contributed by atoms with Crippen molar-refractivity contribution >= 4 is 34.8 Å². The van der Waals surface area contributed by atoms with Crippen molar-refractivity contribution in [2.24, 2.45) is 0 Å². The van der Waals surface area contributed by atoms with Crippen molar-refractivity contribution in [3.05, 3.63) is 75.4 Å². The molecule has 0 unspecified atom stereocenters. The quantitative estimate of drug-likeness (QED) is 0.612. The van der Waals surface area contributed by atoms with E-state index in [9.17, 15) is 4.79 Å². The molecule has 0 aliphatic rings. The van der Waals surface area contributed by atoms with E-state index in [1.54, 1.807) is 12.1 Å². The molecule has 0 spiro atoms. The van der Waals surface area contributed by atoms with Gasteiger partial charge in [-0.3, -0.25) is 4.79 Å². The molecule has 2 rings (SSSR count). The molecule has 6 heteroatoms. The van der Waals surface area contributed by atoms with Crippen molar-refractivity contribution in [1.82, 2.24) is 5.32 Å². The molecular formula is C18H15Cl2N3O. The number of hydrogen-bond acceptors (Lipinski definition) is 3. The number of hydrogen-bond donors (Lipinski definition) is 2. The van der Waals surface area contributed by atoms with Gasteiger partial charge in [-0.15, -0.1) is 0 Å².